The molecule has 0 unspecified atom stereocenters. The second kappa shape index (κ2) is 4.33. The monoisotopic (exact) mass is 224 g/mol. The van der Waals surface area contributed by atoms with Crippen molar-refractivity contribution >= 4 is 5.82 Å². The summed E-state index contributed by atoms with van der Waals surface area (Å²) in [6, 6.07) is 0.442. The van der Waals surface area contributed by atoms with Crippen molar-refractivity contribution in [3.8, 4) is 0 Å². The summed E-state index contributed by atoms with van der Waals surface area (Å²) in [6.45, 7) is 5.48. The third kappa shape index (κ3) is 1.87. The zero-order valence-electron chi connectivity index (χ0n) is 9.87. The Bertz CT molecular complexity index is 374. The van der Waals surface area contributed by atoms with Crippen molar-refractivity contribution in [1.29, 1.82) is 0 Å². The van der Waals surface area contributed by atoms with Gasteiger partial charge in [-0.15, -0.1) is 0 Å². The highest BCUT2D eigenvalue weighted by molar-refractivity contribution is 5.45. The van der Waals surface area contributed by atoms with Crippen molar-refractivity contribution in [1.82, 2.24) is 15.3 Å². The molecule has 0 radical (unpaired) electrons. The van der Waals surface area contributed by atoms with Crippen LogP contribution in [-0.2, 0) is 0 Å². The van der Waals surface area contributed by atoms with Gasteiger partial charge in [0.2, 0.25) is 0 Å². The molecule has 0 amide bonds. The summed E-state index contributed by atoms with van der Waals surface area (Å²) < 4.78 is 14.0. The Morgan fingerprint density at radius 2 is 2.12 bits per heavy atom. The van der Waals surface area contributed by atoms with E-state index in [0.29, 0.717) is 17.6 Å². The van der Waals surface area contributed by atoms with Crippen LogP contribution in [0.25, 0.3) is 0 Å². The first-order valence-corrected chi connectivity index (χ1v) is 5.56. The van der Waals surface area contributed by atoms with Crippen LogP contribution < -0.4 is 10.2 Å². The van der Waals surface area contributed by atoms with E-state index < -0.39 is 0 Å². The molecular weight excluding hydrogens is 207 g/mol. The maximum Gasteiger partial charge on any atom is 0.187 e. The smallest absolute Gasteiger partial charge is 0.187 e. The van der Waals surface area contributed by atoms with Crippen molar-refractivity contribution in [3.63, 3.8) is 0 Å². The Hall–Kier alpha value is -1.23. The molecule has 0 atom stereocenters. The number of hydrogen-bond donors (Lipinski definition) is 1. The van der Waals surface area contributed by atoms with Crippen LogP contribution in [0.1, 0.15) is 25.5 Å². The molecule has 1 aromatic rings. The molecule has 1 aliphatic heterocycles. The Morgan fingerprint density at radius 3 is 2.69 bits per heavy atom. The van der Waals surface area contributed by atoms with E-state index in [1.165, 1.54) is 6.33 Å². The van der Waals surface area contributed by atoms with Gasteiger partial charge in [0.15, 0.2) is 11.6 Å². The normalized spacial score (nSPS) is 16.7. The van der Waals surface area contributed by atoms with E-state index in [1.807, 2.05) is 25.8 Å². The van der Waals surface area contributed by atoms with Crippen LogP contribution in [0.3, 0.4) is 0 Å². The molecule has 0 aromatic carbocycles. The van der Waals surface area contributed by atoms with Crippen LogP contribution in [0, 0.1) is 5.82 Å². The Balaban J connectivity index is 2.19. The second-order valence-electron chi connectivity index (χ2n) is 4.44. The fourth-order valence-electron chi connectivity index (χ4n) is 1.83. The Morgan fingerprint density at radius 1 is 1.44 bits per heavy atom. The van der Waals surface area contributed by atoms with Gasteiger partial charge in [-0.1, -0.05) is 13.8 Å². The fraction of sp³-hybridized carbons (Fsp3) is 0.636. The van der Waals surface area contributed by atoms with Crippen molar-refractivity contribution in [2.75, 3.05) is 25.0 Å². The summed E-state index contributed by atoms with van der Waals surface area (Å²) in [7, 11) is 1.91. The van der Waals surface area contributed by atoms with Gasteiger partial charge >= 0.3 is 0 Å². The van der Waals surface area contributed by atoms with E-state index in [0.717, 1.165) is 13.1 Å². The molecule has 0 spiro atoms. The lowest BCUT2D eigenvalue weighted by atomic mass is 10.1. The molecule has 0 aliphatic carbocycles. The van der Waals surface area contributed by atoms with E-state index >= 15 is 0 Å². The lowest BCUT2D eigenvalue weighted by Gasteiger charge is -2.40. The van der Waals surface area contributed by atoms with Gasteiger partial charge in [-0.2, -0.15) is 0 Å². The van der Waals surface area contributed by atoms with Crippen LogP contribution >= 0.6 is 0 Å². The van der Waals surface area contributed by atoms with Gasteiger partial charge in [0.1, 0.15) is 6.33 Å². The van der Waals surface area contributed by atoms with Gasteiger partial charge in [-0.25, -0.2) is 14.4 Å². The van der Waals surface area contributed by atoms with Crippen molar-refractivity contribution in [3.05, 3.63) is 17.8 Å². The average Bonchev–Trinajstić information content (AvgIpc) is 2.18. The Kier molecular flexibility index (Phi) is 3.05. The van der Waals surface area contributed by atoms with Gasteiger partial charge in [0, 0.05) is 19.1 Å². The van der Waals surface area contributed by atoms with Crippen LogP contribution in [0.4, 0.5) is 10.2 Å². The number of nitrogens with zero attached hydrogens (tertiary/aromatic N) is 3. The minimum Gasteiger partial charge on any atom is -0.351 e. The minimum atomic E-state index is -0.271. The summed E-state index contributed by atoms with van der Waals surface area (Å²) in [4.78, 5) is 9.95. The van der Waals surface area contributed by atoms with E-state index in [4.69, 9.17) is 0 Å². The van der Waals surface area contributed by atoms with E-state index in [1.54, 1.807) is 0 Å². The molecule has 1 aliphatic rings. The molecule has 1 fully saturated rings. The van der Waals surface area contributed by atoms with Crippen LogP contribution in [-0.4, -0.2) is 36.1 Å². The number of anilines is 1. The topological polar surface area (TPSA) is 41.0 Å². The molecule has 0 saturated carbocycles. The maximum atomic E-state index is 14.0. The Labute approximate surface area is 94.9 Å². The SMILES string of the molecule is CNC1CN(c2ncnc(C(C)C)c2F)C1. The number of aromatic nitrogens is 2. The quantitative estimate of drug-likeness (QED) is 0.836. The van der Waals surface area contributed by atoms with E-state index in [-0.39, 0.29) is 11.7 Å². The van der Waals surface area contributed by atoms with Gasteiger partial charge in [-0.3, -0.25) is 0 Å². The largest absolute Gasteiger partial charge is 0.351 e. The molecule has 1 N–H and O–H groups in total. The highest BCUT2D eigenvalue weighted by Crippen LogP contribution is 2.25. The van der Waals surface area contributed by atoms with Gasteiger partial charge in [0.25, 0.3) is 0 Å². The highest BCUT2D eigenvalue weighted by atomic mass is 19.1. The third-order valence-electron chi connectivity index (χ3n) is 2.93. The summed E-state index contributed by atoms with van der Waals surface area (Å²) >= 11 is 0. The number of halogens is 1. The zero-order chi connectivity index (χ0) is 11.7. The van der Waals surface area contributed by atoms with E-state index in [9.17, 15) is 4.39 Å². The summed E-state index contributed by atoms with van der Waals surface area (Å²) in [5.41, 5.74) is 0.498. The third-order valence-corrected chi connectivity index (χ3v) is 2.93. The van der Waals surface area contributed by atoms with Gasteiger partial charge in [0.05, 0.1) is 5.69 Å². The minimum absolute atomic E-state index is 0.0862. The lowest BCUT2D eigenvalue weighted by molar-refractivity contribution is 0.436. The number of rotatable bonds is 3. The molecular formula is C11H17FN4. The average molecular weight is 224 g/mol. The molecule has 2 heterocycles. The van der Waals surface area contributed by atoms with Crippen LogP contribution in [0.15, 0.2) is 6.33 Å². The predicted molar refractivity (Wildman–Crippen MR) is 61.1 cm³/mol. The first kappa shape index (κ1) is 11.3. The van der Waals surface area contributed by atoms with Crippen molar-refractivity contribution in [2.24, 2.45) is 0 Å². The molecule has 88 valence electrons. The second-order valence-corrected chi connectivity index (χ2v) is 4.44. The van der Waals surface area contributed by atoms with Crippen LogP contribution in [0.5, 0.6) is 0 Å². The lowest BCUT2D eigenvalue weighted by Crippen LogP contribution is -2.57. The predicted octanol–water partition coefficient (Wildman–Crippen LogP) is 1.15. The molecule has 2 rings (SSSR count). The molecule has 1 aromatic heterocycles. The summed E-state index contributed by atoms with van der Waals surface area (Å²) in [5.74, 6) is 0.250. The zero-order valence-corrected chi connectivity index (χ0v) is 9.87. The number of nitrogens with one attached hydrogen (secondary N) is 1. The number of hydrogen-bond acceptors (Lipinski definition) is 4. The van der Waals surface area contributed by atoms with Crippen molar-refractivity contribution < 1.29 is 4.39 Å². The summed E-state index contributed by atoms with van der Waals surface area (Å²) in [6.07, 6.45) is 1.44. The molecule has 1 saturated heterocycles. The maximum absolute atomic E-state index is 14.0. The molecule has 4 nitrogen and oxygen atoms in total. The fourth-order valence-corrected chi connectivity index (χ4v) is 1.83. The highest BCUT2D eigenvalue weighted by Gasteiger charge is 2.29. The summed E-state index contributed by atoms with van der Waals surface area (Å²) in [5, 5.41) is 3.15. The first-order valence-electron chi connectivity index (χ1n) is 5.56. The van der Waals surface area contributed by atoms with E-state index in [2.05, 4.69) is 15.3 Å². The number of likely N-dealkylation sites (N-methyl/N-ethyl adjacent to an activating group) is 1. The standard InChI is InChI=1S/C11H17FN4/c1-7(2)10-9(12)11(15-6-14-10)16-4-8(5-16)13-3/h6-8,13H,4-5H2,1-3H3. The molecule has 16 heavy (non-hydrogen) atoms. The van der Waals surface area contributed by atoms with Gasteiger partial charge < -0.3 is 10.2 Å². The molecule has 5 heteroatoms. The van der Waals surface area contributed by atoms with Gasteiger partial charge in [-0.05, 0) is 13.0 Å². The van der Waals surface area contributed by atoms with Crippen molar-refractivity contribution in [2.45, 2.75) is 25.8 Å². The molecule has 0 bridgehead atoms. The van der Waals surface area contributed by atoms with Crippen LogP contribution in [0.2, 0.25) is 0 Å². The first-order chi connectivity index (χ1) is 7.63.